The molecular weight excluding hydrogens is 502 g/mol. The summed E-state index contributed by atoms with van der Waals surface area (Å²) in [6.07, 6.45) is 7.08. The number of aromatic amines is 1. The minimum absolute atomic E-state index is 0.106. The highest BCUT2D eigenvalue weighted by Crippen LogP contribution is 2.50. The molecular formula is C26H25ClF2N6O2. The van der Waals surface area contributed by atoms with E-state index in [9.17, 15) is 18.4 Å². The Morgan fingerprint density at radius 3 is 2.68 bits per heavy atom. The highest BCUT2D eigenvalue weighted by molar-refractivity contribution is 6.31. The van der Waals surface area contributed by atoms with Gasteiger partial charge in [-0.15, -0.1) is 0 Å². The van der Waals surface area contributed by atoms with E-state index in [1.54, 1.807) is 12.1 Å². The van der Waals surface area contributed by atoms with Crippen LogP contribution in [-0.4, -0.2) is 49.0 Å². The molecule has 3 aromatic heterocycles. The molecule has 3 fully saturated rings. The van der Waals surface area contributed by atoms with Gasteiger partial charge in [-0.05, 0) is 56.7 Å². The van der Waals surface area contributed by atoms with E-state index in [0.717, 1.165) is 43.6 Å². The Bertz CT molecular complexity index is 1390. The van der Waals surface area contributed by atoms with Crippen molar-refractivity contribution in [1.82, 2.24) is 30.4 Å². The fourth-order valence-electron chi connectivity index (χ4n) is 5.21. The lowest BCUT2D eigenvalue weighted by atomic mass is 9.88. The molecule has 8 nitrogen and oxygen atoms in total. The van der Waals surface area contributed by atoms with Gasteiger partial charge < -0.3 is 10.2 Å². The van der Waals surface area contributed by atoms with Gasteiger partial charge in [0.05, 0.1) is 35.3 Å². The van der Waals surface area contributed by atoms with Crippen LogP contribution in [0, 0.1) is 17.6 Å². The fraction of sp³-hybridized carbons (Fsp3) is 0.423. The van der Waals surface area contributed by atoms with E-state index < -0.39 is 11.6 Å². The standard InChI is InChI=1S/C26H25ClF2N6O2/c27-18-7-16(28)11-30-23(18)13-32-24(36)15-3-6-35(26(10-15)4-5-26)25(37)22-9-21(33-34-22)17-8-20(14-1-2-14)31-12-19(17)29/h7-9,11-12,14-15H,1-6,10,13H2,(H,32,36)(H,33,34)/t15-/m1/s1. The second-order valence-electron chi connectivity index (χ2n) is 10.2. The molecule has 3 aromatic rings. The van der Waals surface area contributed by atoms with Gasteiger partial charge in [0.25, 0.3) is 5.91 Å². The lowest BCUT2D eigenvalue weighted by molar-refractivity contribution is -0.127. The van der Waals surface area contributed by atoms with Gasteiger partial charge in [0.1, 0.15) is 11.5 Å². The van der Waals surface area contributed by atoms with Crippen LogP contribution in [0.25, 0.3) is 11.3 Å². The van der Waals surface area contributed by atoms with Crippen LogP contribution in [0.1, 0.15) is 66.3 Å². The third-order valence-electron chi connectivity index (χ3n) is 7.61. The highest BCUT2D eigenvalue weighted by Gasteiger charge is 2.54. The number of carbonyl (C=O) groups excluding carboxylic acids is 2. The maximum Gasteiger partial charge on any atom is 0.272 e. The molecule has 11 heteroatoms. The molecule has 4 heterocycles. The van der Waals surface area contributed by atoms with Gasteiger partial charge in [-0.3, -0.25) is 24.7 Å². The van der Waals surface area contributed by atoms with Crippen molar-refractivity contribution in [3.63, 3.8) is 0 Å². The van der Waals surface area contributed by atoms with Gasteiger partial charge in [0.15, 0.2) is 5.82 Å². The molecule has 0 unspecified atom stereocenters. The predicted molar refractivity (Wildman–Crippen MR) is 131 cm³/mol. The van der Waals surface area contributed by atoms with Crippen LogP contribution in [0.4, 0.5) is 8.78 Å². The first kappa shape index (κ1) is 24.0. The van der Waals surface area contributed by atoms with Crippen LogP contribution in [0.3, 0.4) is 0 Å². The summed E-state index contributed by atoms with van der Waals surface area (Å²) in [5.41, 5.74) is 1.88. The number of hydrogen-bond donors (Lipinski definition) is 2. The van der Waals surface area contributed by atoms with Gasteiger partial charge in [-0.1, -0.05) is 11.6 Å². The lowest BCUT2D eigenvalue weighted by Gasteiger charge is -2.39. The van der Waals surface area contributed by atoms with Gasteiger partial charge in [0.2, 0.25) is 5.91 Å². The Morgan fingerprint density at radius 1 is 1.14 bits per heavy atom. The van der Waals surface area contributed by atoms with Gasteiger partial charge in [-0.25, -0.2) is 8.78 Å². The number of amides is 2. The number of nitrogens with zero attached hydrogens (tertiary/aromatic N) is 4. The maximum atomic E-state index is 14.5. The summed E-state index contributed by atoms with van der Waals surface area (Å²) in [4.78, 5) is 36.2. The average Bonchev–Trinajstić information content (AvgIpc) is 3.82. The van der Waals surface area contributed by atoms with Crippen molar-refractivity contribution in [2.24, 2.45) is 5.92 Å². The number of H-pyrrole nitrogens is 1. The lowest BCUT2D eigenvalue weighted by Crippen LogP contribution is -2.50. The molecule has 2 saturated carbocycles. The van der Waals surface area contributed by atoms with Crippen LogP contribution in [0.5, 0.6) is 0 Å². The molecule has 2 amide bonds. The largest absolute Gasteiger partial charge is 0.350 e. The summed E-state index contributed by atoms with van der Waals surface area (Å²) in [6, 6.07) is 4.47. The molecule has 3 aliphatic rings. The van der Waals surface area contributed by atoms with Crippen molar-refractivity contribution in [2.75, 3.05) is 6.54 Å². The Labute approximate surface area is 216 Å². The molecule has 0 aromatic carbocycles. The number of rotatable bonds is 6. The van der Waals surface area contributed by atoms with Crippen molar-refractivity contribution in [3.05, 3.63) is 64.3 Å². The minimum Gasteiger partial charge on any atom is -0.350 e. The van der Waals surface area contributed by atoms with Crippen LogP contribution in [-0.2, 0) is 11.3 Å². The Morgan fingerprint density at radius 2 is 1.95 bits per heavy atom. The second-order valence-corrected chi connectivity index (χ2v) is 10.6. The molecule has 2 aliphatic carbocycles. The van der Waals surface area contributed by atoms with Crippen LogP contribution >= 0.6 is 11.6 Å². The third-order valence-corrected chi connectivity index (χ3v) is 7.94. The number of likely N-dealkylation sites (tertiary alicyclic amines) is 1. The van der Waals surface area contributed by atoms with E-state index in [-0.39, 0.29) is 34.8 Å². The zero-order valence-electron chi connectivity index (χ0n) is 19.9. The first-order valence-corrected chi connectivity index (χ1v) is 12.8. The molecule has 1 atom stereocenters. The number of piperidine rings is 1. The van der Waals surface area contributed by atoms with Crippen LogP contribution < -0.4 is 5.32 Å². The molecule has 37 heavy (non-hydrogen) atoms. The summed E-state index contributed by atoms with van der Waals surface area (Å²) in [7, 11) is 0. The first-order chi connectivity index (χ1) is 17.8. The van der Waals surface area contributed by atoms with E-state index in [1.165, 1.54) is 6.20 Å². The monoisotopic (exact) mass is 526 g/mol. The molecule has 2 N–H and O–H groups in total. The average molecular weight is 527 g/mol. The number of nitrogens with one attached hydrogen (secondary N) is 2. The predicted octanol–water partition coefficient (Wildman–Crippen LogP) is 4.38. The van der Waals surface area contributed by atoms with Gasteiger partial charge in [0, 0.05) is 35.2 Å². The van der Waals surface area contributed by atoms with E-state index in [2.05, 4.69) is 25.5 Å². The molecule has 0 bridgehead atoms. The van der Waals surface area contributed by atoms with E-state index in [4.69, 9.17) is 11.6 Å². The number of pyridine rings is 2. The summed E-state index contributed by atoms with van der Waals surface area (Å²) < 4.78 is 27.7. The van der Waals surface area contributed by atoms with E-state index in [1.807, 2.05) is 4.90 Å². The number of halogens is 3. The Kier molecular flexibility index (Phi) is 5.94. The van der Waals surface area contributed by atoms with Gasteiger partial charge >= 0.3 is 0 Å². The molecule has 1 spiro atoms. The fourth-order valence-corrected chi connectivity index (χ4v) is 5.43. The van der Waals surface area contributed by atoms with Crippen molar-refractivity contribution < 1.29 is 18.4 Å². The normalized spacial score (nSPS) is 20.2. The summed E-state index contributed by atoms with van der Waals surface area (Å²) in [5.74, 6) is -1.23. The SMILES string of the molecule is O=C(NCc1ncc(F)cc1Cl)[C@@H]1CCN(C(=O)c2cc(-c3cc(C4CC4)ncc3F)n[nH]2)C2(CC2)C1. The molecule has 0 radical (unpaired) electrons. The number of aromatic nitrogens is 4. The minimum atomic E-state index is -0.536. The quantitative estimate of drug-likeness (QED) is 0.496. The number of carbonyl (C=O) groups is 2. The van der Waals surface area contributed by atoms with Crippen LogP contribution in [0.2, 0.25) is 5.02 Å². The topological polar surface area (TPSA) is 104 Å². The maximum absolute atomic E-state index is 14.5. The third kappa shape index (κ3) is 4.70. The summed E-state index contributed by atoms with van der Waals surface area (Å²) in [5, 5.41) is 10.0. The van der Waals surface area contributed by atoms with Crippen LogP contribution in [0.15, 0.2) is 30.6 Å². The molecule has 6 rings (SSSR count). The van der Waals surface area contributed by atoms with Crippen molar-refractivity contribution in [1.29, 1.82) is 0 Å². The molecule has 1 aliphatic heterocycles. The Balaban J connectivity index is 1.12. The molecule has 1 saturated heterocycles. The zero-order chi connectivity index (χ0) is 25.7. The number of hydrogen-bond acceptors (Lipinski definition) is 5. The second kappa shape index (κ2) is 9.16. The smallest absolute Gasteiger partial charge is 0.272 e. The van der Waals surface area contributed by atoms with E-state index >= 15 is 0 Å². The summed E-state index contributed by atoms with van der Waals surface area (Å²) in [6.45, 7) is 0.533. The first-order valence-electron chi connectivity index (χ1n) is 12.4. The van der Waals surface area contributed by atoms with Crippen molar-refractivity contribution in [2.45, 2.75) is 56.5 Å². The van der Waals surface area contributed by atoms with E-state index in [0.29, 0.717) is 47.9 Å². The summed E-state index contributed by atoms with van der Waals surface area (Å²) >= 11 is 6.01. The Hall–Kier alpha value is -3.40. The molecule has 192 valence electrons. The van der Waals surface area contributed by atoms with Crippen molar-refractivity contribution >= 4 is 23.4 Å². The zero-order valence-corrected chi connectivity index (χ0v) is 20.7. The van der Waals surface area contributed by atoms with Crippen molar-refractivity contribution in [3.8, 4) is 11.3 Å². The highest BCUT2D eigenvalue weighted by atomic mass is 35.5. The van der Waals surface area contributed by atoms with Gasteiger partial charge in [-0.2, -0.15) is 5.10 Å².